The molecular formula is C18H21N3O2S. The molecule has 3 rings (SSSR count). The first kappa shape index (κ1) is 16.9. The van der Waals surface area contributed by atoms with Crippen molar-refractivity contribution in [2.24, 2.45) is 5.73 Å². The van der Waals surface area contributed by atoms with Gasteiger partial charge in [0.05, 0.1) is 23.7 Å². The van der Waals surface area contributed by atoms with Crippen molar-refractivity contribution in [1.82, 2.24) is 9.97 Å². The monoisotopic (exact) mass is 343 g/mol. The molecule has 0 bridgehead atoms. The lowest BCUT2D eigenvalue weighted by molar-refractivity contribution is -0.115. The summed E-state index contributed by atoms with van der Waals surface area (Å²) in [5.41, 5.74) is 9.15. The number of amides is 1. The van der Waals surface area contributed by atoms with Crippen LogP contribution in [0.2, 0.25) is 0 Å². The quantitative estimate of drug-likeness (QED) is 0.682. The molecule has 0 aliphatic carbocycles. The number of nitrogens with zero attached hydrogens (tertiary/aromatic N) is 2. The third kappa shape index (κ3) is 3.76. The van der Waals surface area contributed by atoms with Crippen LogP contribution in [0, 0.1) is 6.92 Å². The number of ether oxygens (including phenoxy) is 1. The van der Waals surface area contributed by atoms with Crippen LogP contribution >= 0.6 is 11.8 Å². The summed E-state index contributed by atoms with van der Waals surface area (Å²) in [5.74, 6) is 0.514. The maximum Gasteiger partial charge on any atom is 0.227 e. The Labute approximate surface area is 146 Å². The van der Waals surface area contributed by atoms with Crippen LogP contribution < -0.4 is 5.73 Å². The average molecular weight is 343 g/mol. The zero-order chi connectivity index (χ0) is 17.3. The third-order valence-electron chi connectivity index (χ3n) is 3.92. The van der Waals surface area contributed by atoms with Crippen LogP contribution in [-0.2, 0) is 22.6 Å². The lowest BCUT2D eigenvalue weighted by Gasteiger charge is -2.32. The number of nitrogens with two attached hydrogens (primary N) is 1. The van der Waals surface area contributed by atoms with Gasteiger partial charge >= 0.3 is 0 Å². The number of aromatic nitrogens is 2. The lowest BCUT2D eigenvalue weighted by atomic mass is 9.96. The van der Waals surface area contributed by atoms with Crippen LogP contribution in [0.4, 0.5) is 0 Å². The van der Waals surface area contributed by atoms with Crippen molar-refractivity contribution in [3.8, 4) is 11.4 Å². The van der Waals surface area contributed by atoms with E-state index in [2.05, 4.69) is 18.8 Å². The Morgan fingerprint density at radius 2 is 2.00 bits per heavy atom. The molecule has 0 saturated carbocycles. The topological polar surface area (TPSA) is 78.1 Å². The molecule has 1 aliphatic heterocycles. The molecule has 1 amide bonds. The lowest BCUT2D eigenvalue weighted by Crippen LogP contribution is -2.33. The third-order valence-corrected chi connectivity index (χ3v) is 4.96. The minimum absolute atomic E-state index is 0.195. The maximum atomic E-state index is 11.2. The Balaban J connectivity index is 2.05. The van der Waals surface area contributed by atoms with Gasteiger partial charge in [0.25, 0.3) is 0 Å². The Morgan fingerprint density at radius 3 is 2.67 bits per heavy atom. The summed E-state index contributed by atoms with van der Waals surface area (Å²) in [5, 5.41) is 0.782. The molecule has 0 fully saturated rings. The van der Waals surface area contributed by atoms with Crippen molar-refractivity contribution in [3.05, 3.63) is 41.1 Å². The van der Waals surface area contributed by atoms with Crippen LogP contribution in [0.3, 0.4) is 0 Å². The average Bonchev–Trinajstić information content (AvgIpc) is 2.51. The first-order valence-corrected chi connectivity index (χ1v) is 8.84. The molecule has 5 nitrogen and oxygen atoms in total. The van der Waals surface area contributed by atoms with E-state index < -0.39 is 0 Å². The normalized spacial score (nSPS) is 15.8. The van der Waals surface area contributed by atoms with Crippen LogP contribution in [-0.4, -0.2) is 27.2 Å². The number of thioether (sulfide) groups is 1. The molecule has 1 aliphatic rings. The number of primary amides is 1. The van der Waals surface area contributed by atoms with E-state index in [9.17, 15) is 4.79 Å². The number of carbonyl (C=O) groups is 1. The first-order valence-electron chi connectivity index (χ1n) is 7.86. The molecule has 0 spiro atoms. The molecule has 1 aromatic heterocycles. The highest BCUT2D eigenvalue weighted by Gasteiger charge is 2.30. The second kappa shape index (κ2) is 6.53. The zero-order valence-corrected chi connectivity index (χ0v) is 14.9. The molecule has 1 aromatic carbocycles. The largest absolute Gasteiger partial charge is 0.370 e. The van der Waals surface area contributed by atoms with E-state index in [0.29, 0.717) is 18.9 Å². The van der Waals surface area contributed by atoms with Crippen LogP contribution in [0.25, 0.3) is 11.4 Å². The molecule has 2 N–H and O–H groups in total. The van der Waals surface area contributed by atoms with Crippen molar-refractivity contribution >= 4 is 17.7 Å². The summed E-state index contributed by atoms with van der Waals surface area (Å²) < 4.78 is 5.89. The number of hydrogen-bond acceptors (Lipinski definition) is 5. The predicted octanol–water partition coefficient (Wildman–Crippen LogP) is 2.88. The number of rotatable bonds is 4. The van der Waals surface area contributed by atoms with Gasteiger partial charge in [-0.25, -0.2) is 9.97 Å². The molecule has 0 radical (unpaired) electrons. The van der Waals surface area contributed by atoms with E-state index in [1.807, 2.05) is 31.2 Å². The second-order valence-corrected chi connectivity index (χ2v) is 7.59. The molecule has 6 heteroatoms. The summed E-state index contributed by atoms with van der Waals surface area (Å²) in [6.07, 6.45) is 0.716. The van der Waals surface area contributed by atoms with Crippen LogP contribution in [0.1, 0.15) is 30.7 Å². The highest BCUT2D eigenvalue weighted by molar-refractivity contribution is 7.99. The Bertz CT molecular complexity index is 773. The maximum absolute atomic E-state index is 11.2. The number of carbonyl (C=O) groups excluding carboxylic acids is 1. The van der Waals surface area contributed by atoms with E-state index in [1.165, 1.54) is 17.3 Å². The van der Waals surface area contributed by atoms with Gasteiger partial charge < -0.3 is 10.5 Å². The van der Waals surface area contributed by atoms with E-state index in [0.717, 1.165) is 21.8 Å². The Hall–Kier alpha value is -1.92. The van der Waals surface area contributed by atoms with Gasteiger partial charge in [0, 0.05) is 17.5 Å². The highest BCUT2D eigenvalue weighted by Crippen LogP contribution is 2.33. The Kier molecular flexibility index (Phi) is 4.60. The summed E-state index contributed by atoms with van der Waals surface area (Å²) in [6, 6.07) is 8.12. The van der Waals surface area contributed by atoms with Crippen molar-refractivity contribution in [1.29, 1.82) is 0 Å². The van der Waals surface area contributed by atoms with Crippen molar-refractivity contribution in [2.75, 3.05) is 5.75 Å². The molecule has 0 unspecified atom stereocenters. The molecule has 0 atom stereocenters. The van der Waals surface area contributed by atoms with Gasteiger partial charge in [-0.2, -0.15) is 0 Å². The number of hydrogen-bond donors (Lipinski definition) is 1. The van der Waals surface area contributed by atoms with Crippen LogP contribution in [0.15, 0.2) is 29.3 Å². The molecule has 0 saturated heterocycles. The fraction of sp³-hybridized carbons (Fsp3) is 0.389. The van der Waals surface area contributed by atoms with Gasteiger partial charge in [0.15, 0.2) is 5.82 Å². The predicted molar refractivity (Wildman–Crippen MR) is 94.7 cm³/mol. The zero-order valence-electron chi connectivity index (χ0n) is 14.1. The fourth-order valence-corrected chi connectivity index (χ4v) is 3.39. The van der Waals surface area contributed by atoms with Crippen molar-refractivity contribution < 1.29 is 9.53 Å². The summed E-state index contributed by atoms with van der Waals surface area (Å²) in [6.45, 7) is 6.61. The molecule has 24 heavy (non-hydrogen) atoms. The van der Waals surface area contributed by atoms with E-state index >= 15 is 0 Å². The van der Waals surface area contributed by atoms with Crippen LogP contribution in [0.5, 0.6) is 0 Å². The highest BCUT2D eigenvalue weighted by atomic mass is 32.2. The summed E-state index contributed by atoms with van der Waals surface area (Å²) in [7, 11) is 0. The van der Waals surface area contributed by atoms with Gasteiger partial charge in [0.1, 0.15) is 5.03 Å². The number of aryl methyl sites for hydroxylation is 1. The summed E-state index contributed by atoms with van der Waals surface area (Å²) in [4.78, 5) is 20.6. The minimum atomic E-state index is -0.360. The van der Waals surface area contributed by atoms with Gasteiger partial charge in [-0.05, 0) is 20.8 Å². The van der Waals surface area contributed by atoms with E-state index in [4.69, 9.17) is 15.5 Å². The second-order valence-electron chi connectivity index (χ2n) is 6.62. The Morgan fingerprint density at radius 1 is 1.29 bits per heavy atom. The first-order chi connectivity index (χ1) is 11.3. The SMILES string of the molecule is Cc1ccc(-c2nc3c(c(SCC(N)=O)n2)COC(C)(C)C3)cc1. The smallest absolute Gasteiger partial charge is 0.227 e. The van der Waals surface area contributed by atoms with E-state index in [1.54, 1.807) is 0 Å². The standard InChI is InChI=1S/C18H21N3O2S/c1-11-4-6-12(7-5-11)16-20-14-8-18(2,3)23-9-13(14)17(21-16)24-10-15(19)22/h4-7H,8-10H2,1-3H3,(H2,19,22). The molecule has 2 heterocycles. The van der Waals surface area contributed by atoms with Crippen molar-refractivity contribution in [3.63, 3.8) is 0 Å². The van der Waals surface area contributed by atoms with Gasteiger partial charge in [0.2, 0.25) is 5.91 Å². The minimum Gasteiger partial charge on any atom is -0.370 e. The molecular weight excluding hydrogens is 322 g/mol. The van der Waals surface area contributed by atoms with Crippen molar-refractivity contribution in [2.45, 2.75) is 44.4 Å². The van der Waals surface area contributed by atoms with Gasteiger partial charge in [-0.15, -0.1) is 0 Å². The summed E-state index contributed by atoms with van der Waals surface area (Å²) >= 11 is 1.35. The number of fused-ring (bicyclic) bond motifs is 1. The van der Waals surface area contributed by atoms with Gasteiger partial charge in [-0.1, -0.05) is 41.6 Å². The number of benzene rings is 1. The molecule has 2 aromatic rings. The van der Waals surface area contributed by atoms with Gasteiger partial charge in [-0.3, -0.25) is 4.79 Å². The van der Waals surface area contributed by atoms with E-state index in [-0.39, 0.29) is 17.3 Å². The molecule has 126 valence electrons. The fourth-order valence-electron chi connectivity index (χ4n) is 2.61.